The first-order valence-electron chi connectivity index (χ1n) is 6.42. The highest BCUT2D eigenvalue weighted by Gasteiger charge is 2.09. The molecule has 4 nitrogen and oxygen atoms in total. The lowest BCUT2D eigenvalue weighted by Gasteiger charge is -2.09. The molecule has 0 spiro atoms. The Hall–Kier alpha value is -3.06. The number of nitriles is 1. The minimum atomic E-state index is 0.296. The molecule has 0 bridgehead atoms. The van der Waals surface area contributed by atoms with E-state index in [0.29, 0.717) is 22.9 Å². The number of pyridine rings is 1. The van der Waals surface area contributed by atoms with Gasteiger partial charge in [-0.1, -0.05) is 24.3 Å². The van der Waals surface area contributed by atoms with Gasteiger partial charge in [0.1, 0.15) is 23.1 Å². The van der Waals surface area contributed by atoms with Gasteiger partial charge < -0.3 is 9.47 Å². The Bertz CT molecular complexity index is 838. The van der Waals surface area contributed by atoms with Crippen LogP contribution in [0.15, 0.2) is 54.6 Å². The quantitative estimate of drug-likeness (QED) is 0.727. The zero-order chi connectivity index (χ0) is 14.7. The zero-order valence-corrected chi connectivity index (χ0v) is 11.4. The summed E-state index contributed by atoms with van der Waals surface area (Å²) in [6, 6.07) is 18.7. The third kappa shape index (κ3) is 2.63. The first kappa shape index (κ1) is 12.9. The van der Waals surface area contributed by atoms with E-state index in [0.717, 1.165) is 10.9 Å². The largest absolute Gasteiger partial charge is 0.497 e. The van der Waals surface area contributed by atoms with Crippen LogP contribution in [0.4, 0.5) is 0 Å². The van der Waals surface area contributed by atoms with Crippen LogP contribution < -0.4 is 9.47 Å². The molecule has 3 aromatic rings. The molecule has 21 heavy (non-hydrogen) atoms. The Morgan fingerprint density at radius 3 is 2.62 bits per heavy atom. The molecule has 0 radical (unpaired) electrons. The smallest absolute Gasteiger partial charge is 0.237 e. The lowest BCUT2D eigenvalue weighted by molar-refractivity contribution is 0.407. The first-order chi connectivity index (χ1) is 10.3. The molecule has 0 aliphatic rings. The normalized spacial score (nSPS) is 10.1. The molecule has 0 aliphatic carbocycles. The molecule has 0 amide bonds. The molecule has 102 valence electrons. The molecule has 1 heterocycles. The fraction of sp³-hybridized carbons (Fsp3) is 0.0588. The lowest BCUT2D eigenvalue weighted by atomic mass is 10.1. The number of ether oxygens (including phenoxy) is 2. The summed E-state index contributed by atoms with van der Waals surface area (Å²) < 4.78 is 10.9. The summed E-state index contributed by atoms with van der Waals surface area (Å²) in [5.74, 6) is 1.56. The van der Waals surface area contributed by atoms with Crippen molar-refractivity contribution in [1.29, 1.82) is 5.26 Å². The van der Waals surface area contributed by atoms with E-state index in [1.807, 2.05) is 36.4 Å². The van der Waals surface area contributed by atoms with Gasteiger partial charge in [0.05, 0.1) is 12.6 Å². The van der Waals surface area contributed by atoms with Gasteiger partial charge in [0.15, 0.2) is 0 Å². The molecule has 1 aromatic heterocycles. The van der Waals surface area contributed by atoms with Crippen LogP contribution in [-0.2, 0) is 0 Å². The summed E-state index contributed by atoms with van der Waals surface area (Å²) in [6.07, 6.45) is 0. The number of nitrogens with zero attached hydrogens (tertiary/aromatic N) is 2. The molecule has 0 atom stereocenters. The van der Waals surface area contributed by atoms with Crippen molar-refractivity contribution in [2.45, 2.75) is 0 Å². The Kier molecular flexibility index (Phi) is 3.40. The number of fused-ring (bicyclic) bond motifs is 1. The molecule has 0 aliphatic heterocycles. The SMILES string of the molecule is COc1cccc(Oc2nc3ccccc3cc2C#N)c1. The number of rotatable bonds is 3. The van der Waals surface area contributed by atoms with Crippen molar-refractivity contribution in [3.63, 3.8) is 0 Å². The van der Waals surface area contributed by atoms with E-state index >= 15 is 0 Å². The Balaban J connectivity index is 2.04. The third-order valence-electron chi connectivity index (χ3n) is 3.07. The van der Waals surface area contributed by atoms with Gasteiger partial charge in [-0.15, -0.1) is 0 Å². The molecule has 0 unspecified atom stereocenters. The zero-order valence-electron chi connectivity index (χ0n) is 11.4. The number of benzene rings is 2. The number of hydrogen-bond acceptors (Lipinski definition) is 4. The van der Waals surface area contributed by atoms with Gasteiger partial charge in [0.2, 0.25) is 5.88 Å². The van der Waals surface area contributed by atoms with Gasteiger partial charge in [-0.25, -0.2) is 4.98 Å². The predicted octanol–water partition coefficient (Wildman–Crippen LogP) is 3.91. The lowest BCUT2D eigenvalue weighted by Crippen LogP contribution is -1.93. The standard InChI is InChI=1S/C17H12N2O2/c1-20-14-6-4-7-15(10-14)21-17-13(11-18)9-12-5-2-3-8-16(12)19-17/h2-10H,1H3. The van der Waals surface area contributed by atoms with Crippen LogP contribution in [0.25, 0.3) is 10.9 Å². The number of para-hydroxylation sites is 1. The van der Waals surface area contributed by atoms with Crippen molar-refractivity contribution in [3.8, 4) is 23.4 Å². The average molecular weight is 276 g/mol. The Labute approximate surface area is 122 Å². The summed E-state index contributed by atoms with van der Waals surface area (Å²) in [5, 5.41) is 10.2. The number of aromatic nitrogens is 1. The van der Waals surface area contributed by atoms with Crippen LogP contribution in [0.5, 0.6) is 17.4 Å². The fourth-order valence-electron chi connectivity index (χ4n) is 2.03. The van der Waals surface area contributed by atoms with Gasteiger partial charge in [-0.2, -0.15) is 5.26 Å². The Morgan fingerprint density at radius 2 is 1.81 bits per heavy atom. The molecule has 0 N–H and O–H groups in total. The highest BCUT2D eigenvalue weighted by atomic mass is 16.5. The highest BCUT2D eigenvalue weighted by molar-refractivity contribution is 5.81. The second kappa shape index (κ2) is 5.51. The number of hydrogen-bond donors (Lipinski definition) is 0. The van der Waals surface area contributed by atoms with Crippen LogP contribution in [0.2, 0.25) is 0 Å². The maximum atomic E-state index is 9.26. The van der Waals surface area contributed by atoms with Gasteiger partial charge >= 0.3 is 0 Å². The number of methoxy groups -OCH3 is 1. The van der Waals surface area contributed by atoms with E-state index in [2.05, 4.69) is 11.1 Å². The fourth-order valence-corrected chi connectivity index (χ4v) is 2.03. The van der Waals surface area contributed by atoms with Crippen molar-refractivity contribution in [2.24, 2.45) is 0 Å². The highest BCUT2D eigenvalue weighted by Crippen LogP contribution is 2.28. The minimum absolute atomic E-state index is 0.296. The van der Waals surface area contributed by atoms with Gasteiger partial charge in [0, 0.05) is 11.5 Å². The van der Waals surface area contributed by atoms with Crippen LogP contribution in [0.1, 0.15) is 5.56 Å². The maximum absolute atomic E-state index is 9.26. The second-order valence-electron chi connectivity index (χ2n) is 4.43. The maximum Gasteiger partial charge on any atom is 0.237 e. The van der Waals surface area contributed by atoms with Crippen molar-refractivity contribution >= 4 is 10.9 Å². The van der Waals surface area contributed by atoms with Crippen molar-refractivity contribution in [3.05, 3.63) is 60.2 Å². The van der Waals surface area contributed by atoms with E-state index in [9.17, 15) is 5.26 Å². The van der Waals surface area contributed by atoms with Crippen molar-refractivity contribution in [1.82, 2.24) is 4.98 Å². The monoisotopic (exact) mass is 276 g/mol. The molecular formula is C17H12N2O2. The van der Waals surface area contributed by atoms with Crippen LogP contribution in [-0.4, -0.2) is 12.1 Å². The van der Waals surface area contributed by atoms with E-state index in [1.165, 1.54) is 0 Å². The molecular weight excluding hydrogens is 264 g/mol. The summed E-state index contributed by atoms with van der Waals surface area (Å²) >= 11 is 0. The van der Waals surface area contributed by atoms with Gasteiger partial charge in [-0.3, -0.25) is 0 Å². The topological polar surface area (TPSA) is 55.1 Å². The van der Waals surface area contributed by atoms with E-state index in [1.54, 1.807) is 25.3 Å². The molecule has 0 saturated heterocycles. The molecule has 0 saturated carbocycles. The molecule has 3 rings (SSSR count). The average Bonchev–Trinajstić information content (AvgIpc) is 2.54. The molecule has 2 aromatic carbocycles. The van der Waals surface area contributed by atoms with Crippen molar-refractivity contribution < 1.29 is 9.47 Å². The summed E-state index contributed by atoms with van der Waals surface area (Å²) in [7, 11) is 1.59. The molecule has 0 fully saturated rings. The predicted molar refractivity (Wildman–Crippen MR) is 79.5 cm³/mol. The summed E-state index contributed by atoms with van der Waals surface area (Å²) in [6.45, 7) is 0. The van der Waals surface area contributed by atoms with E-state index in [4.69, 9.17) is 9.47 Å². The van der Waals surface area contributed by atoms with E-state index in [-0.39, 0.29) is 0 Å². The minimum Gasteiger partial charge on any atom is -0.497 e. The van der Waals surface area contributed by atoms with Gasteiger partial charge in [-0.05, 0) is 24.3 Å². The van der Waals surface area contributed by atoms with Crippen LogP contribution in [0.3, 0.4) is 0 Å². The van der Waals surface area contributed by atoms with Gasteiger partial charge in [0.25, 0.3) is 0 Å². The summed E-state index contributed by atoms with van der Waals surface area (Å²) in [4.78, 5) is 4.41. The van der Waals surface area contributed by atoms with Crippen LogP contribution >= 0.6 is 0 Å². The Morgan fingerprint density at radius 1 is 1.00 bits per heavy atom. The van der Waals surface area contributed by atoms with Crippen LogP contribution in [0, 0.1) is 11.3 Å². The summed E-state index contributed by atoms with van der Waals surface area (Å²) in [5.41, 5.74) is 1.19. The first-order valence-corrected chi connectivity index (χ1v) is 6.42. The third-order valence-corrected chi connectivity index (χ3v) is 3.07. The van der Waals surface area contributed by atoms with Crippen molar-refractivity contribution in [2.75, 3.05) is 7.11 Å². The van der Waals surface area contributed by atoms with E-state index < -0.39 is 0 Å². The molecule has 4 heteroatoms. The second-order valence-corrected chi connectivity index (χ2v) is 4.43.